The molecule has 0 aromatic heterocycles. The third kappa shape index (κ3) is 6.41. The summed E-state index contributed by atoms with van der Waals surface area (Å²) in [5.41, 5.74) is 1.48. The van der Waals surface area contributed by atoms with Crippen LogP contribution in [0.5, 0.6) is 0 Å². The van der Waals surface area contributed by atoms with Gasteiger partial charge in [-0.2, -0.15) is 0 Å². The lowest BCUT2D eigenvalue weighted by molar-refractivity contribution is -0.146. The van der Waals surface area contributed by atoms with Crippen molar-refractivity contribution in [2.24, 2.45) is 5.41 Å². The summed E-state index contributed by atoms with van der Waals surface area (Å²) in [4.78, 5) is 12.6. The quantitative estimate of drug-likeness (QED) is 0.402. The first-order chi connectivity index (χ1) is 11.7. The predicted octanol–water partition coefficient (Wildman–Crippen LogP) is 6.28. The number of hydrogen-bond acceptors (Lipinski definition) is 3. The van der Waals surface area contributed by atoms with Gasteiger partial charge in [-0.05, 0) is 51.8 Å². The van der Waals surface area contributed by atoms with Crippen LogP contribution in [-0.2, 0) is 9.53 Å². The van der Waals surface area contributed by atoms with E-state index in [1.54, 1.807) is 25.1 Å². The zero-order valence-corrected chi connectivity index (χ0v) is 16.9. The van der Waals surface area contributed by atoms with Crippen LogP contribution in [0.3, 0.4) is 0 Å². The number of allylic oxidation sites excluding steroid dienone is 2. The van der Waals surface area contributed by atoms with E-state index >= 15 is 0 Å². The normalized spacial score (nSPS) is 14.2. The first-order valence-electron chi connectivity index (χ1n) is 8.38. The number of esters is 1. The molecule has 25 heavy (non-hydrogen) atoms. The summed E-state index contributed by atoms with van der Waals surface area (Å²) in [6.45, 7) is 12.2. The molecule has 2 atom stereocenters. The molecule has 3 nitrogen and oxygen atoms in total. The lowest BCUT2D eigenvalue weighted by atomic mass is 9.77. The highest BCUT2D eigenvalue weighted by molar-refractivity contribution is 6.42. The van der Waals surface area contributed by atoms with E-state index in [2.05, 4.69) is 31.8 Å². The molecule has 0 aliphatic rings. The number of carbonyl (C=O) groups excluding carboxylic acids is 1. The maximum atomic E-state index is 12.6. The van der Waals surface area contributed by atoms with E-state index in [1.807, 2.05) is 13.0 Å². The van der Waals surface area contributed by atoms with Crippen molar-refractivity contribution in [1.82, 2.24) is 0 Å². The molecule has 0 saturated heterocycles. The number of rotatable bonds is 9. The molecule has 0 heterocycles. The van der Waals surface area contributed by atoms with Gasteiger partial charge in [0.2, 0.25) is 0 Å². The topological polar surface area (TPSA) is 38.3 Å². The van der Waals surface area contributed by atoms with Gasteiger partial charge in [-0.3, -0.25) is 0 Å². The zero-order chi connectivity index (χ0) is 19.0. The van der Waals surface area contributed by atoms with Crippen molar-refractivity contribution in [1.29, 1.82) is 0 Å². The summed E-state index contributed by atoms with van der Waals surface area (Å²) < 4.78 is 5.28. The van der Waals surface area contributed by atoms with Gasteiger partial charge in [0.15, 0.2) is 0 Å². The minimum Gasteiger partial charge on any atom is -0.464 e. The monoisotopic (exact) mass is 383 g/mol. The Hall–Kier alpha value is -1.45. The van der Waals surface area contributed by atoms with E-state index in [4.69, 9.17) is 27.9 Å². The summed E-state index contributed by atoms with van der Waals surface area (Å²) in [5, 5.41) is 4.15. The number of nitrogens with one attached hydrogen (secondary N) is 1. The minimum absolute atomic E-state index is 0.312. The van der Waals surface area contributed by atoms with Gasteiger partial charge < -0.3 is 10.1 Å². The standard InChI is InChI=1S/C20H27Cl2NO2/c1-6-20(5,12-8-9-14(3)4)18(19(24)25-7-2)23-15-10-11-16(21)17(22)13-15/h6,9-11,13,18,23H,1,7-8,12H2,2-5H3/t18-,20+/m0/s1. The molecule has 0 amide bonds. The van der Waals surface area contributed by atoms with Crippen molar-refractivity contribution in [3.05, 3.63) is 52.5 Å². The number of benzene rings is 1. The van der Waals surface area contributed by atoms with Crippen LogP contribution in [-0.4, -0.2) is 18.6 Å². The second-order valence-corrected chi connectivity index (χ2v) is 7.30. The van der Waals surface area contributed by atoms with E-state index in [0.29, 0.717) is 22.3 Å². The van der Waals surface area contributed by atoms with Gasteiger partial charge in [0.25, 0.3) is 0 Å². The summed E-state index contributed by atoms with van der Waals surface area (Å²) in [6, 6.07) is 4.62. The van der Waals surface area contributed by atoms with E-state index in [9.17, 15) is 4.79 Å². The number of ether oxygens (including phenoxy) is 1. The van der Waals surface area contributed by atoms with Crippen LogP contribution in [0.4, 0.5) is 5.69 Å². The molecule has 0 bridgehead atoms. The lowest BCUT2D eigenvalue weighted by Crippen LogP contribution is -2.44. The first kappa shape index (κ1) is 21.6. The van der Waals surface area contributed by atoms with Crippen molar-refractivity contribution >= 4 is 34.9 Å². The highest BCUT2D eigenvalue weighted by Crippen LogP contribution is 2.34. The van der Waals surface area contributed by atoms with E-state index < -0.39 is 11.5 Å². The maximum absolute atomic E-state index is 12.6. The first-order valence-corrected chi connectivity index (χ1v) is 9.14. The molecule has 0 fully saturated rings. The molecular formula is C20H27Cl2NO2. The van der Waals surface area contributed by atoms with Gasteiger partial charge >= 0.3 is 5.97 Å². The Morgan fingerprint density at radius 1 is 1.36 bits per heavy atom. The third-order valence-electron chi connectivity index (χ3n) is 4.11. The fourth-order valence-electron chi connectivity index (χ4n) is 2.51. The molecule has 5 heteroatoms. The average Bonchev–Trinajstić information content (AvgIpc) is 2.55. The molecule has 1 aromatic rings. The molecule has 1 aromatic carbocycles. The predicted molar refractivity (Wildman–Crippen MR) is 107 cm³/mol. The smallest absolute Gasteiger partial charge is 0.329 e. The van der Waals surface area contributed by atoms with E-state index in [0.717, 1.165) is 12.8 Å². The Morgan fingerprint density at radius 3 is 2.56 bits per heavy atom. The van der Waals surface area contributed by atoms with Crippen molar-refractivity contribution in [3.63, 3.8) is 0 Å². The van der Waals surface area contributed by atoms with Gasteiger partial charge in [-0.25, -0.2) is 4.79 Å². The van der Waals surface area contributed by atoms with Gasteiger partial charge in [0, 0.05) is 11.1 Å². The Morgan fingerprint density at radius 2 is 2.04 bits per heavy atom. The Labute approximate surface area is 161 Å². The van der Waals surface area contributed by atoms with Crippen LogP contribution < -0.4 is 5.32 Å². The summed E-state index contributed by atoms with van der Waals surface area (Å²) in [6.07, 6.45) is 5.59. The van der Waals surface area contributed by atoms with Crippen LogP contribution >= 0.6 is 23.2 Å². The minimum atomic E-state index is -0.576. The number of halogens is 2. The SMILES string of the molecule is C=C[C@](C)(CCC=C(C)C)[C@@H](Nc1ccc(Cl)c(Cl)c1)C(=O)OCC. The molecule has 0 aliphatic heterocycles. The largest absolute Gasteiger partial charge is 0.464 e. The molecule has 0 spiro atoms. The molecule has 0 radical (unpaired) electrons. The van der Waals surface area contributed by atoms with Crippen molar-refractivity contribution in [2.45, 2.75) is 46.6 Å². The fraction of sp³-hybridized carbons (Fsp3) is 0.450. The van der Waals surface area contributed by atoms with Crippen molar-refractivity contribution in [3.8, 4) is 0 Å². The molecule has 1 rings (SSSR count). The average molecular weight is 384 g/mol. The number of hydrogen-bond donors (Lipinski definition) is 1. The van der Waals surface area contributed by atoms with E-state index in [-0.39, 0.29) is 5.97 Å². The van der Waals surface area contributed by atoms with Crippen LogP contribution in [0.1, 0.15) is 40.5 Å². The molecule has 0 saturated carbocycles. The second-order valence-electron chi connectivity index (χ2n) is 6.49. The Balaban J connectivity index is 3.11. The van der Waals surface area contributed by atoms with Crippen molar-refractivity contribution in [2.75, 3.05) is 11.9 Å². The molecular weight excluding hydrogens is 357 g/mol. The maximum Gasteiger partial charge on any atom is 0.329 e. The summed E-state index contributed by atoms with van der Waals surface area (Å²) in [7, 11) is 0. The Bertz CT molecular complexity index is 639. The Kier molecular flexibility index (Phi) is 8.54. The van der Waals surface area contributed by atoms with Crippen LogP contribution in [0, 0.1) is 5.41 Å². The summed E-state index contributed by atoms with van der Waals surface area (Å²) in [5.74, 6) is -0.312. The lowest BCUT2D eigenvalue weighted by Gasteiger charge is -2.34. The van der Waals surface area contributed by atoms with Crippen molar-refractivity contribution < 1.29 is 9.53 Å². The van der Waals surface area contributed by atoms with E-state index in [1.165, 1.54) is 5.57 Å². The molecule has 0 unspecified atom stereocenters. The van der Waals surface area contributed by atoms with Gasteiger partial charge in [0.05, 0.1) is 16.7 Å². The highest BCUT2D eigenvalue weighted by Gasteiger charge is 2.37. The second kappa shape index (κ2) is 9.88. The van der Waals surface area contributed by atoms with Gasteiger partial charge in [-0.1, -0.05) is 47.9 Å². The fourth-order valence-corrected chi connectivity index (χ4v) is 2.81. The van der Waals surface area contributed by atoms with Gasteiger partial charge in [-0.15, -0.1) is 6.58 Å². The van der Waals surface area contributed by atoms with Crippen LogP contribution in [0.2, 0.25) is 10.0 Å². The number of carbonyl (C=O) groups is 1. The third-order valence-corrected chi connectivity index (χ3v) is 4.85. The molecule has 1 N–H and O–H groups in total. The summed E-state index contributed by atoms with van der Waals surface area (Å²) >= 11 is 12.1. The molecule has 0 aliphatic carbocycles. The highest BCUT2D eigenvalue weighted by atomic mass is 35.5. The van der Waals surface area contributed by atoms with Crippen LogP contribution in [0.15, 0.2) is 42.5 Å². The number of anilines is 1. The van der Waals surface area contributed by atoms with Crippen LogP contribution in [0.25, 0.3) is 0 Å². The zero-order valence-electron chi connectivity index (χ0n) is 15.4. The van der Waals surface area contributed by atoms with Gasteiger partial charge in [0.1, 0.15) is 6.04 Å². The molecule has 138 valence electrons.